The van der Waals surface area contributed by atoms with Crippen LogP contribution in [0.15, 0.2) is 66.7 Å². The normalized spacial score (nSPS) is 25.2. The maximum atomic E-state index is 10.7. The summed E-state index contributed by atoms with van der Waals surface area (Å²) in [5.74, 6) is 1.17. The predicted molar refractivity (Wildman–Crippen MR) is 145 cm³/mol. The Balaban J connectivity index is 1.44. The molecule has 2 aliphatic heterocycles. The molecule has 0 spiro atoms. The van der Waals surface area contributed by atoms with Gasteiger partial charge in [-0.2, -0.15) is 0 Å². The lowest BCUT2D eigenvalue weighted by Crippen LogP contribution is -2.55. The van der Waals surface area contributed by atoms with E-state index >= 15 is 0 Å². The third-order valence-electron chi connectivity index (χ3n) is 7.60. The molecule has 3 aromatic rings. The van der Waals surface area contributed by atoms with Crippen LogP contribution in [0.3, 0.4) is 0 Å². The van der Waals surface area contributed by atoms with E-state index in [9.17, 15) is 20.4 Å². The van der Waals surface area contributed by atoms with Gasteiger partial charge < -0.3 is 34.8 Å². The summed E-state index contributed by atoms with van der Waals surface area (Å²) in [6.07, 6.45) is -5.22. The Morgan fingerprint density at radius 2 is 1.68 bits per heavy atom. The van der Waals surface area contributed by atoms with E-state index in [2.05, 4.69) is 55.1 Å². The average Bonchev–Trinajstić information content (AvgIpc) is 2.93. The first-order chi connectivity index (χ1) is 18.4. The van der Waals surface area contributed by atoms with Crippen LogP contribution in [0.4, 0.5) is 5.69 Å². The summed E-state index contributed by atoms with van der Waals surface area (Å²) in [6.45, 7) is 6.12. The number of fused-ring (bicyclic) bond motifs is 1. The Morgan fingerprint density at radius 3 is 2.42 bits per heavy atom. The molecule has 0 aromatic heterocycles. The molecule has 0 aliphatic carbocycles. The number of nitrogens with zero attached hydrogens (tertiary/aromatic N) is 1. The van der Waals surface area contributed by atoms with Gasteiger partial charge in [0, 0.05) is 6.54 Å². The third kappa shape index (κ3) is 5.44. The molecule has 5 atom stereocenters. The van der Waals surface area contributed by atoms with Crippen LogP contribution >= 0.6 is 0 Å². The van der Waals surface area contributed by atoms with Crippen molar-refractivity contribution in [1.29, 1.82) is 0 Å². The Morgan fingerprint density at radius 1 is 0.895 bits per heavy atom. The van der Waals surface area contributed by atoms with Crippen LogP contribution in [0, 0.1) is 0 Å². The number of hydrogen-bond acceptors (Lipinski definition) is 7. The number of aliphatic hydroxyl groups excluding tert-OH is 4. The van der Waals surface area contributed by atoms with E-state index in [0.717, 1.165) is 35.7 Å². The van der Waals surface area contributed by atoms with Crippen LogP contribution in [0.5, 0.6) is 5.75 Å². The highest BCUT2D eigenvalue weighted by Crippen LogP contribution is 2.37. The monoisotopic (exact) mass is 519 g/mol. The molecule has 7 heteroatoms. The van der Waals surface area contributed by atoms with Crippen molar-refractivity contribution in [1.82, 2.24) is 0 Å². The summed E-state index contributed by atoms with van der Waals surface area (Å²) >= 11 is 0. The topological polar surface area (TPSA) is 103 Å². The Labute approximate surface area is 223 Å². The summed E-state index contributed by atoms with van der Waals surface area (Å²) < 4.78 is 11.8. The van der Waals surface area contributed by atoms with Gasteiger partial charge in [0.2, 0.25) is 0 Å². The van der Waals surface area contributed by atoms with Crippen molar-refractivity contribution in [2.45, 2.75) is 63.3 Å². The minimum absolute atomic E-state index is 0.282. The van der Waals surface area contributed by atoms with Crippen molar-refractivity contribution in [2.24, 2.45) is 0 Å². The number of hydrogen-bond donors (Lipinski definition) is 4. The number of rotatable bonds is 7. The smallest absolute Gasteiger partial charge is 0.142 e. The van der Waals surface area contributed by atoms with Gasteiger partial charge in [0.1, 0.15) is 42.9 Å². The molecule has 1 fully saturated rings. The molecule has 2 heterocycles. The molecule has 4 N–H and O–H groups in total. The second-order valence-electron chi connectivity index (χ2n) is 10.6. The van der Waals surface area contributed by atoms with Crippen molar-refractivity contribution in [3.8, 4) is 5.75 Å². The standard InChI is InChI=1S/C31H37NO6/c1-19(2)24-10-9-22(31-30(36)29(35)28(34)27(18-33)38-31)16-23(24)14-21-8-11-26-25(15-21)32(12-13-37-26)17-20-6-4-3-5-7-20/h3-11,15-16,19,27-31,33-36H,12-14,17-18H2,1-2H3/t27-,28?,29?,30?,31+/m1/s1. The summed E-state index contributed by atoms with van der Waals surface area (Å²) in [4.78, 5) is 2.35. The minimum Gasteiger partial charge on any atom is -0.490 e. The minimum atomic E-state index is -1.41. The van der Waals surface area contributed by atoms with Crippen molar-refractivity contribution in [2.75, 3.05) is 24.7 Å². The first-order valence-electron chi connectivity index (χ1n) is 13.3. The first kappa shape index (κ1) is 26.7. The Hall–Kier alpha value is -2.94. The average molecular weight is 520 g/mol. The second-order valence-corrected chi connectivity index (χ2v) is 10.6. The van der Waals surface area contributed by atoms with E-state index in [1.807, 2.05) is 30.3 Å². The summed E-state index contributed by atoms with van der Waals surface area (Å²) in [5, 5.41) is 40.8. The third-order valence-corrected chi connectivity index (χ3v) is 7.60. The lowest BCUT2D eigenvalue weighted by Gasteiger charge is -2.40. The largest absolute Gasteiger partial charge is 0.490 e. The van der Waals surface area contributed by atoms with Crippen molar-refractivity contribution >= 4 is 5.69 Å². The van der Waals surface area contributed by atoms with Gasteiger partial charge >= 0.3 is 0 Å². The quantitative estimate of drug-likeness (QED) is 0.380. The highest BCUT2D eigenvalue weighted by Gasteiger charge is 2.44. The molecule has 5 rings (SSSR count). The number of aliphatic hydroxyl groups is 4. The molecule has 0 bridgehead atoms. The summed E-state index contributed by atoms with van der Waals surface area (Å²) in [5.41, 5.74) is 6.46. The maximum absolute atomic E-state index is 10.7. The van der Waals surface area contributed by atoms with Gasteiger partial charge in [-0.3, -0.25) is 0 Å². The molecule has 3 unspecified atom stereocenters. The van der Waals surface area contributed by atoms with Crippen LogP contribution < -0.4 is 9.64 Å². The van der Waals surface area contributed by atoms with Gasteiger partial charge in [0.05, 0.1) is 18.8 Å². The van der Waals surface area contributed by atoms with Gasteiger partial charge in [0.25, 0.3) is 0 Å². The molecule has 0 amide bonds. The van der Waals surface area contributed by atoms with Crippen LogP contribution in [0.1, 0.15) is 53.7 Å². The van der Waals surface area contributed by atoms with Crippen LogP contribution in [0.2, 0.25) is 0 Å². The first-order valence-corrected chi connectivity index (χ1v) is 13.3. The fraction of sp³-hybridized carbons (Fsp3) is 0.419. The number of ether oxygens (including phenoxy) is 2. The lowest BCUT2D eigenvalue weighted by atomic mass is 9.86. The SMILES string of the molecule is CC(C)c1ccc([C@@H]2O[C@H](CO)C(O)C(O)C2O)cc1Cc1ccc2c(c1)N(Cc1ccccc1)CCO2. The molecule has 0 saturated carbocycles. The van der Waals surface area contributed by atoms with Gasteiger partial charge in [0.15, 0.2) is 0 Å². The predicted octanol–water partition coefficient (Wildman–Crippen LogP) is 3.31. The molecule has 3 aromatic carbocycles. The van der Waals surface area contributed by atoms with Gasteiger partial charge in [-0.1, -0.05) is 68.4 Å². The highest BCUT2D eigenvalue weighted by atomic mass is 16.5. The molecule has 38 heavy (non-hydrogen) atoms. The van der Waals surface area contributed by atoms with Crippen molar-refractivity contribution in [3.05, 3.63) is 94.5 Å². The molecular formula is C31H37NO6. The van der Waals surface area contributed by atoms with E-state index < -0.39 is 37.1 Å². The van der Waals surface area contributed by atoms with E-state index in [4.69, 9.17) is 9.47 Å². The summed E-state index contributed by atoms with van der Waals surface area (Å²) in [6, 6.07) is 22.7. The Kier molecular flexibility index (Phi) is 8.02. The van der Waals surface area contributed by atoms with Gasteiger partial charge in [-0.15, -0.1) is 0 Å². The lowest BCUT2D eigenvalue weighted by molar-refractivity contribution is -0.231. The molecular weight excluding hydrogens is 482 g/mol. The highest BCUT2D eigenvalue weighted by molar-refractivity contribution is 5.62. The molecule has 202 valence electrons. The van der Waals surface area contributed by atoms with Gasteiger partial charge in [-0.05, 0) is 52.3 Å². The van der Waals surface area contributed by atoms with E-state index in [0.29, 0.717) is 18.6 Å². The van der Waals surface area contributed by atoms with Crippen LogP contribution in [-0.4, -0.2) is 64.6 Å². The zero-order chi connectivity index (χ0) is 26.8. The van der Waals surface area contributed by atoms with Gasteiger partial charge in [-0.25, -0.2) is 0 Å². The molecule has 0 radical (unpaired) electrons. The number of anilines is 1. The molecule has 2 aliphatic rings. The van der Waals surface area contributed by atoms with E-state index in [-0.39, 0.29) is 5.92 Å². The zero-order valence-corrected chi connectivity index (χ0v) is 21.9. The summed E-state index contributed by atoms with van der Waals surface area (Å²) in [7, 11) is 0. The molecule has 1 saturated heterocycles. The van der Waals surface area contributed by atoms with Crippen molar-refractivity contribution < 1.29 is 29.9 Å². The number of benzene rings is 3. The van der Waals surface area contributed by atoms with E-state index in [1.54, 1.807) is 0 Å². The zero-order valence-electron chi connectivity index (χ0n) is 21.9. The fourth-order valence-corrected chi connectivity index (χ4v) is 5.51. The van der Waals surface area contributed by atoms with E-state index in [1.165, 1.54) is 11.1 Å². The van der Waals surface area contributed by atoms with Crippen LogP contribution in [-0.2, 0) is 17.7 Å². The van der Waals surface area contributed by atoms with Crippen molar-refractivity contribution in [3.63, 3.8) is 0 Å². The Bertz CT molecular complexity index is 1230. The second kappa shape index (κ2) is 11.4. The molecule has 7 nitrogen and oxygen atoms in total. The fourth-order valence-electron chi connectivity index (χ4n) is 5.51. The maximum Gasteiger partial charge on any atom is 0.142 e. The van der Waals surface area contributed by atoms with Crippen LogP contribution in [0.25, 0.3) is 0 Å².